The van der Waals surface area contributed by atoms with Crippen molar-refractivity contribution in [2.45, 2.75) is 13.0 Å². The first-order chi connectivity index (χ1) is 7.58. The second-order valence-electron chi connectivity index (χ2n) is 3.52. The molecular formula is C11H15ClN2O2. The summed E-state index contributed by atoms with van der Waals surface area (Å²) < 4.78 is 5.24. The third-order valence-corrected chi connectivity index (χ3v) is 2.06. The summed E-state index contributed by atoms with van der Waals surface area (Å²) in [7, 11) is 0. The number of nitrogens with two attached hydrogens (primary N) is 1. The van der Waals surface area contributed by atoms with Crippen LogP contribution in [0.3, 0.4) is 0 Å². The van der Waals surface area contributed by atoms with Crippen LogP contribution in [0.2, 0.25) is 5.02 Å². The maximum Gasteiger partial charge on any atom is 0.257 e. The topological polar surface area (TPSA) is 64.3 Å². The molecule has 0 bridgehead atoms. The van der Waals surface area contributed by atoms with Crippen molar-refractivity contribution in [1.29, 1.82) is 0 Å². The maximum atomic E-state index is 11.3. The lowest BCUT2D eigenvalue weighted by molar-refractivity contribution is -0.123. The number of carbonyl (C=O) groups is 1. The van der Waals surface area contributed by atoms with E-state index >= 15 is 0 Å². The summed E-state index contributed by atoms with van der Waals surface area (Å²) in [6.07, 6.45) is 0. The van der Waals surface area contributed by atoms with Crippen molar-refractivity contribution < 1.29 is 9.53 Å². The van der Waals surface area contributed by atoms with E-state index in [-0.39, 0.29) is 18.6 Å². The fourth-order valence-corrected chi connectivity index (χ4v) is 1.13. The monoisotopic (exact) mass is 242 g/mol. The highest BCUT2D eigenvalue weighted by Gasteiger charge is 2.03. The van der Waals surface area contributed by atoms with Gasteiger partial charge in [0.25, 0.3) is 5.91 Å². The van der Waals surface area contributed by atoms with Gasteiger partial charge in [0.05, 0.1) is 0 Å². The molecule has 0 radical (unpaired) electrons. The summed E-state index contributed by atoms with van der Waals surface area (Å²) in [5.41, 5.74) is 5.49. The molecule has 16 heavy (non-hydrogen) atoms. The molecule has 0 aliphatic heterocycles. The summed E-state index contributed by atoms with van der Waals surface area (Å²) in [6, 6.07) is 6.77. The van der Waals surface area contributed by atoms with Crippen LogP contribution in [0.25, 0.3) is 0 Å². The van der Waals surface area contributed by atoms with Crippen LogP contribution >= 0.6 is 11.6 Å². The molecule has 0 spiro atoms. The Labute approximate surface area is 99.7 Å². The Morgan fingerprint density at radius 2 is 2.12 bits per heavy atom. The Morgan fingerprint density at radius 1 is 1.50 bits per heavy atom. The first-order valence-electron chi connectivity index (χ1n) is 4.98. The van der Waals surface area contributed by atoms with Crippen molar-refractivity contribution in [2.24, 2.45) is 5.73 Å². The van der Waals surface area contributed by atoms with Gasteiger partial charge in [-0.15, -0.1) is 0 Å². The second-order valence-corrected chi connectivity index (χ2v) is 3.96. The van der Waals surface area contributed by atoms with Gasteiger partial charge in [-0.3, -0.25) is 4.79 Å². The Kier molecular flexibility index (Phi) is 5.08. The molecule has 1 rings (SSSR count). The highest BCUT2D eigenvalue weighted by Crippen LogP contribution is 2.15. The summed E-state index contributed by atoms with van der Waals surface area (Å²) >= 11 is 5.71. The van der Waals surface area contributed by atoms with Gasteiger partial charge >= 0.3 is 0 Å². The Morgan fingerprint density at radius 3 is 2.69 bits per heavy atom. The molecule has 3 N–H and O–H groups in total. The van der Waals surface area contributed by atoms with E-state index in [1.54, 1.807) is 24.3 Å². The number of ether oxygens (including phenoxy) is 1. The maximum absolute atomic E-state index is 11.3. The number of hydrogen-bond donors (Lipinski definition) is 2. The van der Waals surface area contributed by atoms with Crippen molar-refractivity contribution >= 4 is 17.5 Å². The molecule has 1 atom stereocenters. The van der Waals surface area contributed by atoms with E-state index in [1.165, 1.54) is 0 Å². The van der Waals surface area contributed by atoms with Crippen LogP contribution in [0.4, 0.5) is 0 Å². The highest BCUT2D eigenvalue weighted by molar-refractivity contribution is 6.30. The standard InChI is InChI=1S/C11H15ClN2O2/c1-8(13)6-14-11(15)7-16-10-4-2-9(12)3-5-10/h2-5,8H,6-7,13H2,1H3,(H,14,15). The van der Waals surface area contributed by atoms with Gasteiger partial charge in [-0.2, -0.15) is 0 Å². The van der Waals surface area contributed by atoms with Gasteiger partial charge in [-0.05, 0) is 31.2 Å². The van der Waals surface area contributed by atoms with Crippen LogP contribution < -0.4 is 15.8 Å². The number of benzene rings is 1. The zero-order valence-corrected chi connectivity index (χ0v) is 9.83. The van der Waals surface area contributed by atoms with Crippen LogP contribution in [-0.4, -0.2) is 25.1 Å². The van der Waals surface area contributed by atoms with Crippen LogP contribution in [0.5, 0.6) is 5.75 Å². The molecule has 0 fully saturated rings. The average Bonchev–Trinajstić information content (AvgIpc) is 2.25. The predicted molar refractivity (Wildman–Crippen MR) is 63.6 cm³/mol. The van der Waals surface area contributed by atoms with E-state index < -0.39 is 0 Å². The van der Waals surface area contributed by atoms with Gasteiger partial charge < -0.3 is 15.8 Å². The number of nitrogens with one attached hydrogen (secondary N) is 1. The molecule has 0 aliphatic carbocycles. The van der Waals surface area contributed by atoms with Crippen molar-refractivity contribution in [3.05, 3.63) is 29.3 Å². The number of rotatable bonds is 5. The summed E-state index contributed by atoms with van der Waals surface area (Å²) in [5, 5.41) is 3.28. The fraction of sp³-hybridized carbons (Fsp3) is 0.364. The van der Waals surface area contributed by atoms with Crippen molar-refractivity contribution in [2.75, 3.05) is 13.2 Å². The van der Waals surface area contributed by atoms with Gasteiger partial charge in [0.15, 0.2) is 6.61 Å². The van der Waals surface area contributed by atoms with Gasteiger partial charge in [-0.25, -0.2) is 0 Å². The molecule has 1 aromatic carbocycles. The fourth-order valence-electron chi connectivity index (χ4n) is 1.01. The zero-order valence-electron chi connectivity index (χ0n) is 9.07. The second kappa shape index (κ2) is 6.35. The van der Waals surface area contributed by atoms with Crippen LogP contribution in [0.1, 0.15) is 6.92 Å². The molecule has 0 saturated heterocycles. The van der Waals surface area contributed by atoms with Crippen LogP contribution in [0, 0.1) is 0 Å². The number of hydrogen-bond acceptors (Lipinski definition) is 3. The SMILES string of the molecule is CC(N)CNC(=O)COc1ccc(Cl)cc1. The molecule has 0 aromatic heterocycles. The van der Waals surface area contributed by atoms with Crippen LogP contribution in [0.15, 0.2) is 24.3 Å². The lowest BCUT2D eigenvalue weighted by atomic mass is 10.3. The first-order valence-corrected chi connectivity index (χ1v) is 5.36. The van der Waals surface area contributed by atoms with E-state index in [2.05, 4.69) is 5.32 Å². The minimum absolute atomic E-state index is 0.0195. The quantitative estimate of drug-likeness (QED) is 0.815. The molecule has 0 saturated carbocycles. The molecule has 88 valence electrons. The van der Waals surface area contributed by atoms with E-state index in [9.17, 15) is 4.79 Å². The van der Waals surface area contributed by atoms with E-state index in [1.807, 2.05) is 6.92 Å². The Bertz CT molecular complexity index is 338. The smallest absolute Gasteiger partial charge is 0.257 e. The summed E-state index contributed by atoms with van der Waals surface area (Å²) in [6.45, 7) is 2.25. The molecule has 1 aromatic rings. The molecule has 5 heteroatoms. The van der Waals surface area contributed by atoms with E-state index in [0.29, 0.717) is 17.3 Å². The molecule has 0 heterocycles. The van der Waals surface area contributed by atoms with Gasteiger partial charge in [0.1, 0.15) is 5.75 Å². The first kappa shape index (κ1) is 12.8. The largest absolute Gasteiger partial charge is 0.484 e. The Balaban J connectivity index is 2.29. The summed E-state index contributed by atoms with van der Waals surface area (Å²) in [4.78, 5) is 11.3. The van der Waals surface area contributed by atoms with Gasteiger partial charge in [0.2, 0.25) is 0 Å². The van der Waals surface area contributed by atoms with Gasteiger partial charge in [0, 0.05) is 17.6 Å². The third kappa shape index (κ3) is 5.00. The zero-order chi connectivity index (χ0) is 12.0. The molecule has 0 aliphatic rings. The van der Waals surface area contributed by atoms with E-state index in [4.69, 9.17) is 22.1 Å². The van der Waals surface area contributed by atoms with Crippen molar-refractivity contribution in [3.63, 3.8) is 0 Å². The highest BCUT2D eigenvalue weighted by atomic mass is 35.5. The van der Waals surface area contributed by atoms with Gasteiger partial charge in [-0.1, -0.05) is 11.6 Å². The average molecular weight is 243 g/mol. The van der Waals surface area contributed by atoms with E-state index in [0.717, 1.165) is 0 Å². The summed E-state index contributed by atoms with van der Waals surface area (Å²) in [5.74, 6) is 0.424. The molecule has 1 amide bonds. The Hall–Kier alpha value is -1.26. The lowest BCUT2D eigenvalue weighted by Gasteiger charge is -2.09. The lowest BCUT2D eigenvalue weighted by Crippen LogP contribution is -2.37. The minimum atomic E-state index is -0.188. The third-order valence-electron chi connectivity index (χ3n) is 1.80. The molecule has 4 nitrogen and oxygen atoms in total. The number of carbonyl (C=O) groups excluding carboxylic acids is 1. The number of halogens is 1. The minimum Gasteiger partial charge on any atom is -0.484 e. The van der Waals surface area contributed by atoms with Crippen molar-refractivity contribution in [3.8, 4) is 5.75 Å². The normalized spacial score (nSPS) is 11.9. The van der Waals surface area contributed by atoms with Crippen LogP contribution in [-0.2, 0) is 4.79 Å². The molecular weight excluding hydrogens is 228 g/mol. The molecule has 1 unspecified atom stereocenters. The van der Waals surface area contributed by atoms with Crippen molar-refractivity contribution in [1.82, 2.24) is 5.32 Å². The number of amides is 1. The predicted octanol–water partition coefficient (Wildman–Crippen LogP) is 1.18.